The number of benzene rings is 1. The Morgan fingerprint density at radius 2 is 1.71 bits per heavy atom. The van der Waals surface area contributed by atoms with Gasteiger partial charge in [-0.05, 0) is 30.0 Å². The third kappa shape index (κ3) is 6.35. The topological polar surface area (TPSA) is 94.6 Å². The zero-order chi connectivity index (χ0) is 25.7. The lowest BCUT2D eigenvalue weighted by atomic mass is 10.00. The molecule has 1 fully saturated rings. The average Bonchev–Trinajstić information content (AvgIpc) is 3.24. The van der Waals surface area contributed by atoms with E-state index < -0.39 is 42.1 Å². The Kier molecular flexibility index (Phi) is 8.43. The first-order valence-corrected chi connectivity index (χ1v) is 11.8. The minimum atomic E-state index is -1.33. The van der Waals surface area contributed by atoms with Gasteiger partial charge in [0.1, 0.15) is 18.3 Å². The quantitative estimate of drug-likeness (QED) is 0.633. The maximum atomic E-state index is 14.4. The first-order valence-electron chi connectivity index (χ1n) is 11.8. The second-order valence-electron chi connectivity index (χ2n) is 9.43. The van der Waals surface area contributed by atoms with Gasteiger partial charge in [-0.2, -0.15) is 0 Å². The van der Waals surface area contributed by atoms with Crippen LogP contribution in [-0.2, 0) is 9.59 Å². The number of rotatable bonds is 7. The van der Waals surface area contributed by atoms with E-state index >= 15 is 0 Å². The Bertz CT molecular complexity index is 1030. The molecule has 1 aliphatic heterocycles. The number of nitrogens with zero attached hydrogens (tertiary/aromatic N) is 3. The lowest BCUT2D eigenvalue weighted by Gasteiger charge is -2.29. The molecule has 2 aromatic rings. The molecule has 0 saturated carbocycles. The van der Waals surface area contributed by atoms with Gasteiger partial charge in [-0.3, -0.25) is 14.6 Å². The molecule has 1 aliphatic rings. The summed E-state index contributed by atoms with van der Waals surface area (Å²) in [5.74, 6) is -0.653. The zero-order valence-corrected chi connectivity index (χ0v) is 20.9. The molecule has 1 aromatic carbocycles. The molecule has 4 unspecified atom stereocenters. The zero-order valence-electron chi connectivity index (χ0n) is 20.9. The number of amides is 4. The van der Waals surface area contributed by atoms with Crippen LogP contribution in [0.2, 0.25) is 0 Å². The highest BCUT2D eigenvalue weighted by molar-refractivity contribution is 5.92. The maximum absolute atomic E-state index is 14.4. The molecule has 0 radical (unpaired) electrons. The van der Waals surface area contributed by atoms with Crippen LogP contribution < -0.4 is 10.6 Å². The lowest BCUT2D eigenvalue weighted by molar-refractivity contribution is -0.139. The number of carbonyl (C=O) groups is 3. The van der Waals surface area contributed by atoms with Crippen LogP contribution in [0.25, 0.3) is 0 Å². The highest BCUT2D eigenvalue weighted by Gasteiger charge is 2.42. The Labute approximate surface area is 205 Å². The van der Waals surface area contributed by atoms with E-state index in [2.05, 4.69) is 29.5 Å². The Balaban J connectivity index is 1.82. The van der Waals surface area contributed by atoms with E-state index in [1.807, 2.05) is 42.5 Å². The van der Waals surface area contributed by atoms with Crippen molar-refractivity contribution in [3.63, 3.8) is 0 Å². The number of urea groups is 1. The van der Waals surface area contributed by atoms with Crippen LogP contribution in [-0.4, -0.2) is 71.5 Å². The van der Waals surface area contributed by atoms with E-state index in [9.17, 15) is 18.8 Å². The van der Waals surface area contributed by atoms with Crippen molar-refractivity contribution >= 4 is 17.8 Å². The summed E-state index contributed by atoms with van der Waals surface area (Å²) in [6, 6.07) is 10.4. The predicted octanol–water partition coefficient (Wildman–Crippen LogP) is 3.01. The Morgan fingerprint density at radius 3 is 2.29 bits per heavy atom. The fourth-order valence-electron chi connectivity index (χ4n) is 4.04. The maximum Gasteiger partial charge on any atom is 0.317 e. The summed E-state index contributed by atoms with van der Waals surface area (Å²) in [4.78, 5) is 45.5. The van der Waals surface area contributed by atoms with Crippen LogP contribution in [0, 0.1) is 0 Å². The summed E-state index contributed by atoms with van der Waals surface area (Å²) in [5, 5.41) is 5.55. The van der Waals surface area contributed by atoms with Gasteiger partial charge in [0.05, 0.1) is 18.3 Å². The molecule has 35 heavy (non-hydrogen) atoms. The molecule has 3 rings (SSSR count). The molecule has 4 atom stereocenters. The van der Waals surface area contributed by atoms with Gasteiger partial charge in [0.25, 0.3) is 0 Å². The average molecular weight is 484 g/mol. The van der Waals surface area contributed by atoms with Crippen LogP contribution in [0.4, 0.5) is 9.18 Å². The van der Waals surface area contributed by atoms with E-state index in [-0.39, 0.29) is 13.0 Å². The van der Waals surface area contributed by atoms with Gasteiger partial charge < -0.3 is 20.4 Å². The number of nitrogens with one attached hydrogen (secondary N) is 2. The molecule has 0 spiro atoms. The van der Waals surface area contributed by atoms with Gasteiger partial charge in [-0.1, -0.05) is 50.2 Å². The third-order valence-corrected chi connectivity index (χ3v) is 6.14. The molecular weight excluding hydrogens is 449 g/mol. The number of aromatic nitrogens is 1. The van der Waals surface area contributed by atoms with Gasteiger partial charge in [0.2, 0.25) is 11.8 Å². The van der Waals surface area contributed by atoms with Gasteiger partial charge in [-0.15, -0.1) is 0 Å². The minimum Gasteiger partial charge on any atom is -0.342 e. The van der Waals surface area contributed by atoms with Crippen molar-refractivity contribution in [1.82, 2.24) is 25.4 Å². The molecule has 188 valence electrons. The van der Waals surface area contributed by atoms with Crippen molar-refractivity contribution < 1.29 is 18.8 Å². The molecule has 2 N–H and O–H groups in total. The van der Waals surface area contributed by atoms with Gasteiger partial charge in [0.15, 0.2) is 0 Å². The van der Waals surface area contributed by atoms with E-state index in [4.69, 9.17) is 0 Å². The van der Waals surface area contributed by atoms with Crippen LogP contribution >= 0.6 is 0 Å². The van der Waals surface area contributed by atoms with Gasteiger partial charge in [-0.25, -0.2) is 9.18 Å². The van der Waals surface area contributed by atoms with Crippen LogP contribution in [0.15, 0.2) is 48.7 Å². The van der Waals surface area contributed by atoms with Crippen molar-refractivity contribution in [1.29, 1.82) is 0 Å². The highest BCUT2D eigenvalue weighted by atomic mass is 19.1. The van der Waals surface area contributed by atoms with Crippen molar-refractivity contribution in [3.05, 3.63) is 65.5 Å². The van der Waals surface area contributed by atoms with Crippen LogP contribution in [0.1, 0.15) is 56.0 Å². The number of hydrogen-bond acceptors (Lipinski definition) is 4. The Hall–Kier alpha value is -3.49. The van der Waals surface area contributed by atoms with Crippen molar-refractivity contribution in [2.24, 2.45) is 0 Å². The van der Waals surface area contributed by atoms with Crippen LogP contribution in [0.3, 0.4) is 0 Å². The largest absolute Gasteiger partial charge is 0.342 e. The smallest absolute Gasteiger partial charge is 0.317 e. The van der Waals surface area contributed by atoms with E-state index in [1.165, 1.54) is 16.7 Å². The fraction of sp³-hybridized carbons (Fsp3) is 0.462. The van der Waals surface area contributed by atoms with Crippen molar-refractivity contribution in [2.75, 3.05) is 20.6 Å². The van der Waals surface area contributed by atoms with Crippen molar-refractivity contribution in [3.8, 4) is 0 Å². The normalized spacial score (nSPS) is 19.2. The monoisotopic (exact) mass is 483 g/mol. The summed E-state index contributed by atoms with van der Waals surface area (Å²) in [6.07, 6.45) is 0.359. The summed E-state index contributed by atoms with van der Waals surface area (Å²) in [5.41, 5.74) is 2.55. The molecule has 0 bridgehead atoms. The second-order valence-corrected chi connectivity index (χ2v) is 9.43. The van der Waals surface area contributed by atoms with E-state index in [0.29, 0.717) is 11.6 Å². The summed E-state index contributed by atoms with van der Waals surface area (Å²) in [6.45, 7) is 5.48. The molecular formula is C26H34FN5O3. The molecule has 0 aliphatic carbocycles. The van der Waals surface area contributed by atoms with Crippen LogP contribution in [0.5, 0.6) is 0 Å². The van der Waals surface area contributed by atoms with Gasteiger partial charge in [0, 0.05) is 26.7 Å². The van der Waals surface area contributed by atoms with E-state index in [1.54, 1.807) is 20.3 Å². The molecule has 1 aromatic heterocycles. The standard InChI is InChI=1S/C26H34FN5O3/c1-16(2)19-11-12-21(28-14-19)23(18-9-7-6-8-10-18)30-24(33)22-13-20(27)15-32(22)25(34)17(3)29-26(35)31(4)5/h6-12,14,16-17,20,22-23H,13,15H2,1-5H3,(H,29,35)(H,30,33). The SMILES string of the molecule is CC(NC(=O)N(C)C)C(=O)N1CC(F)CC1C(=O)NC(c1ccccc1)c1ccc(C(C)C)cn1. The first kappa shape index (κ1) is 26.1. The molecule has 8 nitrogen and oxygen atoms in total. The first-order chi connectivity index (χ1) is 16.6. The molecule has 1 saturated heterocycles. The summed E-state index contributed by atoms with van der Waals surface area (Å²) >= 11 is 0. The van der Waals surface area contributed by atoms with E-state index in [0.717, 1.165) is 11.1 Å². The number of likely N-dealkylation sites (tertiary alicyclic amines) is 1. The second kappa shape index (κ2) is 11.3. The molecule has 9 heteroatoms. The number of pyridine rings is 1. The number of halogens is 1. The number of carbonyl (C=O) groups excluding carboxylic acids is 3. The van der Waals surface area contributed by atoms with Crippen molar-refractivity contribution in [2.45, 2.75) is 57.4 Å². The Morgan fingerprint density at radius 1 is 1.03 bits per heavy atom. The third-order valence-electron chi connectivity index (χ3n) is 6.14. The number of alkyl halides is 1. The minimum absolute atomic E-state index is 0.104. The predicted molar refractivity (Wildman–Crippen MR) is 131 cm³/mol. The summed E-state index contributed by atoms with van der Waals surface area (Å²) in [7, 11) is 3.11. The lowest BCUT2D eigenvalue weighted by Crippen LogP contribution is -2.54. The van der Waals surface area contributed by atoms with Gasteiger partial charge >= 0.3 is 6.03 Å². The highest BCUT2D eigenvalue weighted by Crippen LogP contribution is 2.26. The number of hydrogen-bond donors (Lipinski definition) is 2. The fourth-order valence-corrected chi connectivity index (χ4v) is 4.04. The summed E-state index contributed by atoms with van der Waals surface area (Å²) < 4.78 is 14.4. The molecule has 2 heterocycles. The molecule has 4 amide bonds.